The molecule has 0 aliphatic carbocycles. The number of imidazole rings is 1. The van der Waals surface area contributed by atoms with Crippen molar-refractivity contribution in [3.63, 3.8) is 0 Å². The summed E-state index contributed by atoms with van der Waals surface area (Å²) in [4.78, 5) is 8.68. The van der Waals surface area contributed by atoms with Crippen LogP contribution in [0, 0.1) is 0 Å². The van der Waals surface area contributed by atoms with Gasteiger partial charge in [-0.1, -0.05) is 31.2 Å². The fourth-order valence-corrected chi connectivity index (χ4v) is 2.39. The predicted molar refractivity (Wildman–Crippen MR) is 81.7 cm³/mol. The first-order valence-corrected chi connectivity index (χ1v) is 6.85. The van der Waals surface area contributed by atoms with Crippen molar-refractivity contribution in [3.05, 3.63) is 54.0 Å². The van der Waals surface area contributed by atoms with Gasteiger partial charge in [0.25, 0.3) is 0 Å². The predicted octanol–water partition coefficient (Wildman–Crippen LogP) is 3.14. The van der Waals surface area contributed by atoms with Crippen molar-refractivity contribution in [1.29, 1.82) is 0 Å². The number of nitrogens with one attached hydrogen (secondary N) is 1. The Morgan fingerprint density at radius 3 is 2.75 bits per heavy atom. The zero-order valence-electron chi connectivity index (χ0n) is 11.8. The smallest absolute Gasteiger partial charge is 0.128 e. The van der Waals surface area contributed by atoms with Gasteiger partial charge >= 0.3 is 0 Å². The minimum absolute atomic E-state index is 0.792. The molecule has 0 atom stereocenters. The van der Waals surface area contributed by atoms with E-state index in [1.165, 1.54) is 11.1 Å². The van der Waals surface area contributed by atoms with Crippen LogP contribution in [-0.2, 0) is 20.0 Å². The van der Waals surface area contributed by atoms with Gasteiger partial charge in [0, 0.05) is 19.7 Å². The quantitative estimate of drug-likeness (QED) is 0.789. The molecule has 102 valence electrons. The number of benzene rings is 1. The van der Waals surface area contributed by atoms with Gasteiger partial charge in [0.15, 0.2) is 0 Å². The average molecular weight is 266 g/mol. The van der Waals surface area contributed by atoms with Gasteiger partial charge in [-0.3, -0.25) is 0 Å². The average Bonchev–Trinajstić information content (AvgIpc) is 2.86. The van der Waals surface area contributed by atoms with Crippen LogP contribution in [-0.4, -0.2) is 14.5 Å². The van der Waals surface area contributed by atoms with Gasteiger partial charge in [-0.2, -0.15) is 0 Å². The number of hydrogen-bond donors (Lipinski definition) is 1. The van der Waals surface area contributed by atoms with Crippen molar-refractivity contribution in [3.8, 4) is 0 Å². The molecule has 4 heteroatoms. The lowest BCUT2D eigenvalue weighted by atomic mass is 10.1. The van der Waals surface area contributed by atoms with Gasteiger partial charge in [0.05, 0.1) is 18.0 Å². The standard InChI is InChI=1S/C16H18N4/c1-3-12-6-4-5-7-13(12)9-17-16-8-15-14(10-18-16)19-11-20(15)2/h4-8,10-11H,3,9H2,1-2H3,(H,17,18). The normalized spacial score (nSPS) is 10.9. The van der Waals surface area contributed by atoms with Crippen LogP contribution in [0.2, 0.25) is 0 Å². The summed E-state index contributed by atoms with van der Waals surface area (Å²) in [5.74, 6) is 0.881. The fraction of sp³-hybridized carbons (Fsp3) is 0.250. The Bertz CT molecular complexity index is 730. The molecule has 3 aromatic rings. The van der Waals surface area contributed by atoms with Crippen LogP contribution >= 0.6 is 0 Å². The summed E-state index contributed by atoms with van der Waals surface area (Å²) in [5, 5.41) is 3.39. The molecule has 0 saturated carbocycles. The summed E-state index contributed by atoms with van der Waals surface area (Å²) < 4.78 is 2.00. The number of hydrogen-bond acceptors (Lipinski definition) is 3. The van der Waals surface area contributed by atoms with Crippen LogP contribution in [0.1, 0.15) is 18.1 Å². The maximum absolute atomic E-state index is 4.40. The highest BCUT2D eigenvalue weighted by molar-refractivity contribution is 5.77. The third-order valence-corrected chi connectivity index (χ3v) is 3.57. The zero-order chi connectivity index (χ0) is 13.9. The molecule has 2 heterocycles. The van der Waals surface area contributed by atoms with Crippen molar-refractivity contribution in [1.82, 2.24) is 14.5 Å². The lowest BCUT2D eigenvalue weighted by Crippen LogP contribution is -2.04. The third-order valence-electron chi connectivity index (χ3n) is 3.57. The third kappa shape index (κ3) is 2.37. The number of pyridine rings is 1. The van der Waals surface area contributed by atoms with E-state index >= 15 is 0 Å². The van der Waals surface area contributed by atoms with Crippen molar-refractivity contribution in [2.75, 3.05) is 5.32 Å². The second-order valence-electron chi connectivity index (χ2n) is 4.89. The van der Waals surface area contributed by atoms with Gasteiger partial charge < -0.3 is 9.88 Å². The van der Waals surface area contributed by atoms with Gasteiger partial charge in [-0.15, -0.1) is 0 Å². The Morgan fingerprint density at radius 1 is 1.15 bits per heavy atom. The van der Waals surface area contributed by atoms with Crippen LogP contribution in [0.5, 0.6) is 0 Å². The summed E-state index contributed by atoms with van der Waals surface area (Å²) in [6, 6.07) is 10.5. The Morgan fingerprint density at radius 2 is 1.95 bits per heavy atom. The largest absolute Gasteiger partial charge is 0.366 e. The van der Waals surface area contributed by atoms with Gasteiger partial charge in [0.1, 0.15) is 11.3 Å². The molecule has 1 N–H and O–H groups in total. The van der Waals surface area contributed by atoms with Crippen LogP contribution in [0.15, 0.2) is 42.9 Å². The molecule has 3 rings (SSSR count). The molecule has 0 amide bonds. The highest BCUT2D eigenvalue weighted by Gasteiger charge is 2.04. The van der Waals surface area contributed by atoms with E-state index in [2.05, 4.69) is 46.5 Å². The summed E-state index contributed by atoms with van der Waals surface area (Å²) in [7, 11) is 1.99. The maximum atomic E-state index is 4.40. The molecule has 0 saturated heterocycles. The van der Waals surface area contributed by atoms with E-state index in [4.69, 9.17) is 0 Å². The number of anilines is 1. The molecule has 0 radical (unpaired) electrons. The topological polar surface area (TPSA) is 42.7 Å². The second-order valence-corrected chi connectivity index (χ2v) is 4.89. The molecule has 0 bridgehead atoms. The molecule has 2 aromatic heterocycles. The molecule has 0 aliphatic heterocycles. The molecule has 0 unspecified atom stereocenters. The molecule has 0 aliphatic rings. The number of aryl methyl sites for hydroxylation is 2. The number of nitrogens with zero attached hydrogens (tertiary/aromatic N) is 3. The SMILES string of the molecule is CCc1ccccc1CNc1cc2c(cn1)ncn2C. The molecular formula is C16H18N4. The highest BCUT2D eigenvalue weighted by Crippen LogP contribution is 2.16. The van der Waals surface area contributed by atoms with E-state index in [0.29, 0.717) is 0 Å². The van der Waals surface area contributed by atoms with Crippen LogP contribution < -0.4 is 5.32 Å². The first kappa shape index (κ1) is 12.7. The van der Waals surface area contributed by atoms with Crippen molar-refractivity contribution in [2.45, 2.75) is 19.9 Å². The summed E-state index contributed by atoms with van der Waals surface area (Å²) >= 11 is 0. The van der Waals surface area contributed by atoms with Crippen LogP contribution in [0.25, 0.3) is 11.0 Å². The molecule has 0 fully saturated rings. The monoisotopic (exact) mass is 266 g/mol. The lowest BCUT2D eigenvalue weighted by Gasteiger charge is -2.09. The van der Waals surface area contributed by atoms with Gasteiger partial charge in [-0.25, -0.2) is 9.97 Å². The number of fused-ring (bicyclic) bond motifs is 1. The highest BCUT2D eigenvalue weighted by atomic mass is 15.0. The van der Waals surface area contributed by atoms with E-state index in [1.807, 2.05) is 30.2 Å². The molecule has 4 nitrogen and oxygen atoms in total. The minimum atomic E-state index is 0.792. The summed E-state index contributed by atoms with van der Waals surface area (Å²) in [5.41, 5.74) is 4.71. The summed E-state index contributed by atoms with van der Waals surface area (Å²) in [6.07, 6.45) is 4.66. The van der Waals surface area contributed by atoms with E-state index in [1.54, 1.807) is 0 Å². The van der Waals surface area contributed by atoms with Crippen LogP contribution in [0.3, 0.4) is 0 Å². The Labute approximate surface area is 118 Å². The van der Waals surface area contributed by atoms with Crippen molar-refractivity contribution < 1.29 is 0 Å². The number of rotatable bonds is 4. The van der Waals surface area contributed by atoms with E-state index in [0.717, 1.165) is 29.8 Å². The first-order valence-electron chi connectivity index (χ1n) is 6.85. The Balaban J connectivity index is 1.81. The minimum Gasteiger partial charge on any atom is -0.366 e. The molecule has 20 heavy (non-hydrogen) atoms. The van der Waals surface area contributed by atoms with Crippen molar-refractivity contribution in [2.24, 2.45) is 7.05 Å². The van der Waals surface area contributed by atoms with E-state index in [9.17, 15) is 0 Å². The van der Waals surface area contributed by atoms with E-state index < -0.39 is 0 Å². The molecular weight excluding hydrogens is 248 g/mol. The maximum Gasteiger partial charge on any atom is 0.128 e. The van der Waals surface area contributed by atoms with Gasteiger partial charge in [0.2, 0.25) is 0 Å². The van der Waals surface area contributed by atoms with Crippen molar-refractivity contribution >= 4 is 16.9 Å². The lowest BCUT2D eigenvalue weighted by molar-refractivity contribution is 0.947. The van der Waals surface area contributed by atoms with E-state index in [-0.39, 0.29) is 0 Å². The fourth-order valence-electron chi connectivity index (χ4n) is 2.39. The summed E-state index contributed by atoms with van der Waals surface area (Å²) in [6.45, 7) is 2.97. The zero-order valence-corrected chi connectivity index (χ0v) is 11.8. The van der Waals surface area contributed by atoms with Gasteiger partial charge in [-0.05, 0) is 17.5 Å². The number of aromatic nitrogens is 3. The van der Waals surface area contributed by atoms with Crippen LogP contribution in [0.4, 0.5) is 5.82 Å². The first-order chi connectivity index (χ1) is 9.78. The molecule has 0 spiro atoms. The second kappa shape index (κ2) is 5.33. The Hall–Kier alpha value is -2.36. The Kier molecular flexibility index (Phi) is 3.37. The molecule has 1 aromatic carbocycles.